The van der Waals surface area contributed by atoms with Crippen molar-refractivity contribution in [2.75, 3.05) is 6.61 Å². The lowest BCUT2D eigenvalue weighted by molar-refractivity contribution is -0.144. The topological polar surface area (TPSA) is 114 Å². The Morgan fingerprint density at radius 3 is 2.48 bits per heavy atom. The number of carboxylic acid groups (broad SMARTS) is 1. The number of amides is 2. The van der Waals surface area contributed by atoms with E-state index < -0.39 is 23.9 Å². The van der Waals surface area contributed by atoms with E-state index in [1.54, 1.807) is 19.1 Å². The molecule has 1 aromatic carbocycles. The maximum absolute atomic E-state index is 11.9. The molecule has 1 aliphatic heterocycles. The Hall–Kier alpha value is -2.94. The van der Waals surface area contributed by atoms with Crippen LogP contribution in [0.1, 0.15) is 19.4 Å². The van der Waals surface area contributed by atoms with Crippen LogP contribution in [0.4, 0.5) is 0 Å². The van der Waals surface area contributed by atoms with Crippen LogP contribution in [0.25, 0.3) is 6.08 Å². The Morgan fingerprint density at radius 2 is 1.92 bits per heavy atom. The van der Waals surface area contributed by atoms with Crippen LogP contribution in [0.2, 0.25) is 0 Å². The zero-order valence-electron chi connectivity index (χ0n) is 13.5. The molecule has 1 saturated heterocycles. The summed E-state index contributed by atoms with van der Waals surface area (Å²) in [5, 5.41) is 13.6. The van der Waals surface area contributed by atoms with Gasteiger partial charge in [-0.1, -0.05) is 6.07 Å². The molecule has 1 aromatic rings. The number of rotatable bonds is 6. The Labute approximate surface area is 148 Å². The van der Waals surface area contributed by atoms with Gasteiger partial charge in [0.25, 0.3) is 11.8 Å². The SMILES string of the molecule is CCOc1cc(C=C2C(=O)NC(=S)NC2=O)ccc1O[C@@H](C)C(=O)O. The second kappa shape index (κ2) is 7.75. The number of ether oxygens (including phenoxy) is 2. The van der Waals surface area contributed by atoms with E-state index in [0.29, 0.717) is 17.9 Å². The van der Waals surface area contributed by atoms with Crippen molar-refractivity contribution in [3.8, 4) is 11.5 Å². The van der Waals surface area contributed by atoms with Gasteiger partial charge in [-0.05, 0) is 49.8 Å². The summed E-state index contributed by atoms with van der Waals surface area (Å²) in [5.74, 6) is -1.77. The zero-order valence-corrected chi connectivity index (χ0v) is 14.3. The summed E-state index contributed by atoms with van der Waals surface area (Å²) < 4.78 is 10.8. The summed E-state index contributed by atoms with van der Waals surface area (Å²) in [7, 11) is 0. The first-order valence-electron chi connectivity index (χ1n) is 7.36. The number of carbonyl (C=O) groups is 3. The van der Waals surface area contributed by atoms with Crippen LogP contribution in [0.3, 0.4) is 0 Å². The van der Waals surface area contributed by atoms with Crippen LogP contribution < -0.4 is 20.1 Å². The lowest BCUT2D eigenvalue weighted by Crippen LogP contribution is -2.51. The van der Waals surface area contributed by atoms with Gasteiger partial charge in [0.05, 0.1) is 6.61 Å². The molecule has 0 saturated carbocycles. The van der Waals surface area contributed by atoms with E-state index in [1.807, 2.05) is 0 Å². The highest BCUT2D eigenvalue weighted by Gasteiger charge is 2.25. The highest BCUT2D eigenvalue weighted by atomic mass is 32.1. The van der Waals surface area contributed by atoms with Crippen LogP contribution in [-0.2, 0) is 14.4 Å². The lowest BCUT2D eigenvalue weighted by Gasteiger charge is -2.17. The highest BCUT2D eigenvalue weighted by Crippen LogP contribution is 2.30. The van der Waals surface area contributed by atoms with Gasteiger partial charge in [-0.2, -0.15) is 0 Å². The van der Waals surface area contributed by atoms with Crippen molar-refractivity contribution in [1.29, 1.82) is 0 Å². The third-order valence-electron chi connectivity index (χ3n) is 3.17. The lowest BCUT2D eigenvalue weighted by atomic mass is 10.1. The summed E-state index contributed by atoms with van der Waals surface area (Å²) in [6, 6.07) is 4.64. The van der Waals surface area contributed by atoms with Gasteiger partial charge in [-0.25, -0.2) is 4.79 Å². The molecule has 1 fully saturated rings. The maximum atomic E-state index is 11.9. The van der Waals surface area contributed by atoms with Crippen molar-refractivity contribution in [3.05, 3.63) is 29.3 Å². The van der Waals surface area contributed by atoms with E-state index in [1.165, 1.54) is 19.1 Å². The molecule has 3 N–H and O–H groups in total. The molecular formula is C16H16N2O6S. The normalized spacial score (nSPS) is 15.1. The van der Waals surface area contributed by atoms with E-state index in [0.717, 1.165) is 0 Å². The maximum Gasteiger partial charge on any atom is 0.344 e. The fourth-order valence-electron chi connectivity index (χ4n) is 1.99. The summed E-state index contributed by atoms with van der Waals surface area (Å²) in [6.07, 6.45) is 0.318. The van der Waals surface area contributed by atoms with Crippen molar-refractivity contribution in [2.24, 2.45) is 0 Å². The van der Waals surface area contributed by atoms with Crippen molar-refractivity contribution < 1.29 is 29.0 Å². The molecule has 0 aliphatic carbocycles. The van der Waals surface area contributed by atoms with Crippen LogP contribution >= 0.6 is 12.2 Å². The molecule has 8 nitrogen and oxygen atoms in total. The first-order valence-corrected chi connectivity index (χ1v) is 7.77. The van der Waals surface area contributed by atoms with Crippen molar-refractivity contribution in [1.82, 2.24) is 10.6 Å². The molecule has 132 valence electrons. The first-order chi connectivity index (χ1) is 11.8. The molecule has 25 heavy (non-hydrogen) atoms. The minimum absolute atomic E-state index is 0.0476. The van der Waals surface area contributed by atoms with Crippen molar-refractivity contribution in [2.45, 2.75) is 20.0 Å². The van der Waals surface area contributed by atoms with Gasteiger partial charge in [-0.15, -0.1) is 0 Å². The number of nitrogens with one attached hydrogen (secondary N) is 2. The van der Waals surface area contributed by atoms with Gasteiger partial charge < -0.3 is 14.6 Å². The standard InChI is InChI=1S/C16H16N2O6S/c1-3-23-12-7-9(4-5-11(12)24-8(2)15(21)22)6-10-13(19)17-16(25)18-14(10)20/h4-8H,3H2,1-2H3,(H,21,22)(H2,17,18,19,20,25)/t8-/m0/s1. The number of aliphatic carboxylic acids is 1. The summed E-state index contributed by atoms with van der Waals surface area (Å²) in [6.45, 7) is 3.49. The van der Waals surface area contributed by atoms with Crippen LogP contribution in [0.5, 0.6) is 11.5 Å². The van der Waals surface area contributed by atoms with Gasteiger partial charge in [-0.3, -0.25) is 20.2 Å². The van der Waals surface area contributed by atoms with Gasteiger partial charge in [0.15, 0.2) is 22.7 Å². The van der Waals surface area contributed by atoms with E-state index in [9.17, 15) is 14.4 Å². The smallest absolute Gasteiger partial charge is 0.344 e. The van der Waals surface area contributed by atoms with E-state index in [4.69, 9.17) is 26.8 Å². The third kappa shape index (κ3) is 4.54. The average molecular weight is 364 g/mol. The quantitative estimate of drug-likeness (QED) is 0.389. The average Bonchev–Trinajstić information content (AvgIpc) is 2.53. The molecule has 0 unspecified atom stereocenters. The van der Waals surface area contributed by atoms with E-state index in [-0.39, 0.29) is 16.4 Å². The fraction of sp³-hybridized carbons (Fsp3) is 0.250. The fourth-order valence-corrected chi connectivity index (χ4v) is 2.18. The van der Waals surface area contributed by atoms with Crippen LogP contribution in [-0.4, -0.2) is 40.7 Å². The number of carbonyl (C=O) groups excluding carboxylic acids is 2. The molecule has 1 aliphatic rings. The number of carboxylic acids is 1. The Morgan fingerprint density at radius 1 is 1.28 bits per heavy atom. The molecule has 2 amide bonds. The van der Waals surface area contributed by atoms with Crippen LogP contribution in [0, 0.1) is 0 Å². The Bertz CT molecular complexity index is 752. The first kappa shape index (κ1) is 18.4. The summed E-state index contributed by atoms with van der Waals surface area (Å²) >= 11 is 4.74. The third-order valence-corrected chi connectivity index (χ3v) is 3.38. The summed E-state index contributed by atoms with van der Waals surface area (Å²) in [5.41, 5.74) is 0.399. The second-order valence-electron chi connectivity index (χ2n) is 5.03. The molecular weight excluding hydrogens is 348 g/mol. The van der Waals surface area contributed by atoms with Crippen molar-refractivity contribution >= 4 is 41.2 Å². The van der Waals surface area contributed by atoms with Crippen molar-refractivity contribution in [3.63, 3.8) is 0 Å². The zero-order chi connectivity index (χ0) is 18.6. The minimum atomic E-state index is -1.11. The number of benzene rings is 1. The Kier molecular flexibility index (Phi) is 5.71. The molecule has 9 heteroatoms. The van der Waals surface area contributed by atoms with Crippen LogP contribution in [0.15, 0.2) is 23.8 Å². The number of hydrogen-bond acceptors (Lipinski definition) is 6. The molecule has 0 radical (unpaired) electrons. The monoisotopic (exact) mass is 364 g/mol. The summed E-state index contributed by atoms with van der Waals surface area (Å²) in [4.78, 5) is 34.7. The molecule has 2 rings (SSSR count). The molecule has 0 bridgehead atoms. The molecule has 0 aromatic heterocycles. The van der Waals surface area contributed by atoms with E-state index in [2.05, 4.69) is 10.6 Å². The molecule has 1 heterocycles. The van der Waals surface area contributed by atoms with E-state index >= 15 is 0 Å². The van der Waals surface area contributed by atoms with Gasteiger partial charge >= 0.3 is 5.97 Å². The number of thiocarbonyl (C=S) groups is 1. The largest absolute Gasteiger partial charge is 0.490 e. The molecule has 1 atom stereocenters. The predicted octanol–water partition coefficient (Wildman–Crippen LogP) is 0.851. The molecule has 0 spiro atoms. The van der Waals surface area contributed by atoms with Gasteiger partial charge in [0.1, 0.15) is 5.57 Å². The van der Waals surface area contributed by atoms with Gasteiger partial charge in [0, 0.05) is 0 Å². The highest BCUT2D eigenvalue weighted by molar-refractivity contribution is 7.80. The minimum Gasteiger partial charge on any atom is -0.490 e. The predicted molar refractivity (Wildman–Crippen MR) is 92.2 cm³/mol. The Balaban J connectivity index is 2.33. The van der Waals surface area contributed by atoms with Gasteiger partial charge in [0.2, 0.25) is 0 Å². The second-order valence-corrected chi connectivity index (χ2v) is 5.44. The number of hydrogen-bond donors (Lipinski definition) is 3.